The predicted octanol–water partition coefficient (Wildman–Crippen LogP) is 2.47. The predicted molar refractivity (Wildman–Crippen MR) is 74.1 cm³/mol. The smallest absolute Gasteiger partial charge is 0.227 e. The van der Waals surface area contributed by atoms with Gasteiger partial charge >= 0.3 is 0 Å². The van der Waals surface area contributed by atoms with Crippen LogP contribution in [0.1, 0.15) is 18.4 Å². The number of carbonyl (C=O) groups is 1. The third-order valence-electron chi connectivity index (χ3n) is 3.06. The van der Waals surface area contributed by atoms with E-state index in [1.807, 2.05) is 11.9 Å². The molecule has 1 aliphatic heterocycles. The number of piperidine rings is 1. The van der Waals surface area contributed by atoms with Gasteiger partial charge in [0.25, 0.3) is 0 Å². The standard InChI is InChI=1S/C12H17BrN2OS/c1-15(7-9-5-11(13)17-8-9)12(16)10-3-2-4-14-6-10/h5,8,10,14H,2-4,6-7H2,1H3/t10-/m0/s1. The van der Waals surface area contributed by atoms with E-state index in [-0.39, 0.29) is 11.8 Å². The fraction of sp³-hybridized carbons (Fsp3) is 0.583. The minimum Gasteiger partial charge on any atom is -0.341 e. The lowest BCUT2D eigenvalue weighted by atomic mass is 9.98. The van der Waals surface area contributed by atoms with Crippen LogP contribution < -0.4 is 5.32 Å². The Morgan fingerprint density at radius 2 is 2.53 bits per heavy atom. The summed E-state index contributed by atoms with van der Waals surface area (Å²) in [5.74, 6) is 0.426. The quantitative estimate of drug-likeness (QED) is 0.929. The van der Waals surface area contributed by atoms with Crippen molar-refractivity contribution in [1.29, 1.82) is 0 Å². The van der Waals surface area contributed by atoms with Gasteiger partial charge in [0, 0.05) is 20.1 Å². The lowest BCUT2D eigenvalue weighted by Gasteiger charge is -2.26. The maximum Gasteiger partial charge on any atom is 0.227 e. The first-order chi connectivity index (χ1) is 8.16. The first-order valence-electron chi connectivity index (χ1n) is 5.85. The van der Waals surface area contributed by atoms with Crippen molar-refractivity contribution in [3.05, 3.63) is 20.8 Å². The number of hydrogen-bond donors (Lipinski definition) is 1. The number of hydrogen-bond acceptors (Lipinski definition) is 3. The molecule has 0 spiro atoms. The molecule has 1 saturated heterocycles. The van der Waals surface area contributed by atoms with Gasteiger partial charge < -0.3 is 10.2 Å². The molecule has 5 heteroatoms. The molecule has 17 heavy (non-hydrogen) atoms. The van der Waals surface area contributed by atoms with Gasteiger partial charge in [-0.3, -0.25) is 4.79 Å². The number of halogens is 1. The van der Waals surface area contributed by atoms with Crippen LogP contribution >= 0.6 is 27.3 Å². The largest absolute Gasteiger partial charge is 0.341 e. The summed E-state index contributed by atoms with van der Waals surface area (Å²) in [5.41, 5.74) is 1.20. The summed E-state index contributed by atoms with van der Waals surface area (Å²) in [4.78, 5) is 14.0. The Morgan fingerprint density at radius 1 is 1.71 bits per heavy atom. The van der Waals surface area contributed by atoms with E-state index in [9.17, 15) is 4.79 Å². The molecular weight excluding hydrogens is 300 g/mol. The van der Waals surface area contributed by atoms with Crippen LogP contribution in [0.4, 0.5) is 0 Å². The fourth-order valence-corrected chi connectivity index (χ4v) is 3.36. The van der Waals surface area contributed by atoms with Gasteiger partial charge in [-0.1, -0.05) is 0 Å². The molecule has 1 amide bonds. The Morgan fingerprint density at radius 3 is 3.12 bits per heavy atom. The number of amides is 1. The van der Waals surface area contributed by atoms with Crippen molar-refractivity contribution < 1.29 is 4.79 Å². The minimum absolute atomic E-state index is 0.163. The summed E-state index contributed by atoms with van der Waals surface area (Å²) in [7, 11) is 1.89. The molecule has 3 nitrogen and oxygen atoms in total. The van der Waals surface area contributed by atoms with E-state index < -0.39 is 0 Å². The van der Waals surface area contributed by atoms with Crippen molar-refractivity contribution in [2.75, 3.05) is 20.1 Å². The first-order valence-corrected chi connectivity index (χ1v) is 7.52. The first kappa shape index (κ1) is 13.1. The summed E-state index contributed by atoms with van der Waals surface area (Å²) in [6.45, 7) is 2.58. The third kappa shape index (κ3) is 3.53. The Labute approximate surface area is 114 Å². The Hall–Kier alpha value is -0.390. The molecule has 2 rings (SSSR count). The second-order valence-corrected chi connectivity index (χ2v) is 6.79. The highest BCUT2D eigenvalue weighted by molar-refractivity contribution is 9.11. The second-order valence-electron chi connectivity index (χ2n) is 4.50. The molecule has 0 saturated carbocycles. The van der Waals surface area contributed by atoms with Crippen molar-refractivity contribution in [2.24, 2.45) is 5.92 Å². The highest BCUT2D eigenvalue weighted by atomic mass is 79.9. The third-order valence-corrected chi connectivity index (χ3v) is 4.62. The number of carbonyl (C=O) groups excluding carboxylic acids is 1. The molecule has 1 atom stereocenters. The van der Waals surface area contributed by atoms with E-state index in [0.717, 1.165) is 29.7 Å². The fourth-order valence-electron chi connectivity index (χ4n) is 2.15. The number of nitrogens with one attached hydrogen (secondary N) is 1. The van der Waals surface area contributed by atoms with Crippen molar-refractivity contribution in [2.45, 2.75) is 19.4 Å². The Bertz CT molecular complexity index is 388. The van der Waals surface area contributed by atoms with E-state index in [4.69, 9.17) is 0 Å². The molecule has 1 N–H and O–H groups in total. The van der Waals surface area contributed by atoms with Gasteiger partial charge in [0.15, 0.2) is 0 Å². The molecule has 0 radical (unpaired) electrons. The maximum atomic E-state index is 12.2. The van der Waals surface area contributed by atoms with Crippen LogP contribution in [0.5, 0.6) is 0 Å². The second kappa shape index (κ2) is 5.98. The van der Waals surface area contributed by atoms with E-state index >= 15 is 0 Å². The number of thiophene rings is 1. The molecule has 1 aliphatic rings. The zero-order chi connectivity index (χ0) is 12.3. The molecule has 1 aromatic rings. The van der Waals surface area contributed by atoms with Gasteiger partial charge in [0.05, 0.1) is 9.70 Å². The zero-order valence-corrected chi connectivity index (χ0v) is 12.3. The van der Waals surface area contributed by atoms with Gasteiger partial charge in [0.1, 0.15) is 0 Å². The van der Waals surface area contributed by atoms with Crippen LogP contribution in [0, 0.1) is 5.92 Å². The monoisotopic (exact) mass is 316 g/mol. The van der Waals surface area contributed by atoms with Crippen LogP contribution in [0.3, 0.4) is 0 Å². The Balaban J connectivity index is 1.90. The molecule has 0 aliphatic carbocycles. The van der Waals surface area contributed by atoms with E-state index in [0.29, 0.717) is 6.54 Å². The number of rotatable bonds is 3. The SMILES string of the molecule is CN(Cc1csc(Br)c1)C(=O)[C@H]1CCCNC1. The van der Waals surface area contributed by atoms with Gasteiger partial charge in [-0.25, -0.2) is 0 Å². The van der Waals surface area contributed by atoms with E-state index in [1.165, 1.54) is 5.56 Å². The molecule has 2 heterocycles. The summed E-state index contributed by atoms with van der Waals surface area (Å²) in [5, 5.41) is 5.38. The van der Waals surface area contributed by atoms with Crippen molar-refractivity contribution >= 4 is 33.2 Å². The van der Waals surface area contributed by atoms with Crippen LogP contribution in [0.2, 0.25) is 0 Å². The molecular formula is C12H17BrN2OS. The van der Waals surface area contributed by atoms with Crippen molar-refractivity contribution in [3.8, 4) is 0 Å². The number of nitrogens with zero attached hydrogens (tertiary/aromatic N) is 1. The average molecular weight is 317 g/mol. The van der Waals surface area contributed by atoms with Crippen molar-refractivity contribution in [3.63, 3.8) is 0 Å². The van der Waals surface area contributed by atoms with Crippen LogP contribution in [0.15, 0.2) is 15.2 Å². The van der Waals surface area contributed by atoms with Gasteiger partial charge in [-0.15, -0.1) is 11.3 Å². The van der Waals surface area contributed by atoms with Crippen LogP contribution in [0.25, 0.3) is 0 Å². The van der Waals surface area contributed by atoms with Crippen LogP contribution in [-0.2, 0) is 11.3 Å². The van der Waals surface area contributed by atoms with E-state index in [2.05, 4.69) is 32.7 Å². The molecule has 1 fully saturated rings. The molecule has 0 unspecified atom stereocenters. The summed E-state index contributed by atoms with van der Waals surface area (Å²) in [6.07, 6.45) is 2.12. The topological polar surface area (TPSA) is 32.3 Å². The summed E-state index contributed by atoms with van der Waals surface area (Å²) in [6, 6.07) is 2.08. The molecule has 94 valence electrons. The van der Waals surface area contributed by atoms with Crippen LogP contribution in [-0.4, -0.2) is 30.9 Å². The molecule has 1 aromatic heterocycles. The summed E-state index contributed by atoms with van der Waals surface area (Å²) < 4.78 is 1.12. The van der Waals surface area contributed by atoms with Crippen molar-refractivity contribution in [1.82, 2.24) is 10.2 Å². The summed E-state index contributed by atoms with van der Waals surface area (Å²) >= 11 is 5.10. The van der Waals surface area contributed by atoms with Gasteiger partial charge in [-0.2, -0.15) is 0 Å². The lowest BCUT2D eigenvalue weighted by Crippen LogP contribution is -2.41. The van der Waals surface area contributed by atoms with Gasteiger partial charge in [0.2, 0.25) is 5.91 Å². The minimum atomic E-state index is 0.163. The van der Waals surface area contributed by atoms with Gasteiger partial charge in [-0.05, 0) is 52.3 Å². The maximum absolute atomic E-state index is 12.2. The average Bonchev–Trinajstić information content (AvgIpc) is 2.75. The molecule has 0 aromatic carbocycles. The van der Waals surface area contributed by atoms with E-state index in [1.54, 1.807) is 11.3 Å². The Kier molecular flexibility index (Phi) is 4.59. The molecule has 0 bridgehead atoms. The zero-order valence-electron chi connectivity index (χ0n) is 9.91. The lowest BCUT2D eigenvalue weighted by molar-refractivity contribution is -0.135. The normalized spacial score (nSPS) is 20.2. The highest BCUT2D eigenvalue weighted by Gasteiger charge is 2.23. The highest BCUT2D eigenvalue weighted by Crippen LogP contribution is 2.22.